The molecule has 3 aliphatic rings. The normalized spacial score (nSPS) is 30.8. The Kier molecular flexibility index (Phi) is 3.55. The second-order valence-corrected chi connectivity index (χ2v) is 7.93. The maximum atomic E-state index is 13.6. The molecule has 27 heavy (non-hydrogen) atoms. The van der Waals surface area contributed by atoms with E-state index in [0.29, 0.717) is 5.69 Å². The van der Waals surface area contributed by atoms with Crippen LogP contribution in [-0.4, -0.2) is 40.5 Å². The van der Waals surface area contributed by atoms with E-state index in [9.17, 15) is 9.59 Å². The third-order valence-corrected chi connectivity index (χ3v) is 6.40. The van der Waals surface area contributed by atoms with Gasteiger partial charge in [-0.2, -0.15) is 0 Å². The van der Waals surface area contributed by atoms with E-state index in [2.05, 4.69) is 22.2 Å². The highest BCUT2D eigenvalue weighted by Crippen LogP contribution is 2.54. The van der Waals surface area contributed by atoms with Gasteiger partial charge in [-0.15, -0.1) is 0 Å². The lowest BCUT2D eigenvalue weighted by atomic mass is 9.81. The first-order valence-electron chi connectivity index (χ1n) is 9.57. The first kappa shape index (κ1) is 16.7. The van der Waals surface area contributed by atoms with E-state index in [4.69, 9.17) is 0 Å². The first-order valence-corrected chi connectivity index (χ1v) is 9.57. The summed E-state index contributed by atoms with van der Waals surface area (Å²) in [6.45, 7) is 5.65. The van der Waals surface area contributed by atoms with Gasteiger partial charge in [-0.25, -0.2) is 14.9 Å². The fraction of sp³-hybridized carbons (Fsp3) is 0.364. The van der Waals surface area contributed by atoms with E-state index >= 15 is 0 Å². The molecule has 2 amide bonds. The molecule has 0 spiro atoms. The first-order chi connectivity index (χ1) is 13.0. The Morgan fingerprint density at radius 1 is 0.963 bits per heavy atom. The van der Waals surface area contributed by atoms with Crippen molar-refractivity contribution in [2.24, 2.45) is 5.92 Å². The molecule has 2 aromatic rings. The molecule has 0 aliphatic carbocycles. The van der Waals surface area contributed by atoms with Crippen LogP contribution in [0.3, 0.4) is 0 Å². The number of nitrogens with zero attached hydrogens (tertiary/aromatic N) is 3. The Bertz CT molecular complexity index is 911. The molecular weight excluding hydrogens is 338 g/mol. The quantitative estimate of drug-likeness (QED) is 0.772. The molecule has 5 nitrogen and oxygen atoms in total. The number of carbonyl (C=O) groups excluding carboxylic acids is 2. The summed E-state index contributed by atoms with van der Waals surface area (Å²) in [5, 5.41) is 4.41. The van der Waals surface area contributed by atoms with Gasteiger partial charge in [0.15, 0.2) is 0 Å². The van der Waals surface area contributed by atoms with Crippen LogP contribution in [0.25, 0.3) is 0 Å². The summed E-state index contributed by atoms with van der Waals surface area (Å²) in [5.41, 5.74) is 2.06. The molecule has 0 bridgehead atoms. The summed E-state index contributed by atoms with van der Waals surface area (Å²) in [6, 6.07) is 17.7. The minimum Gasteiger partial charge on any atom is -0.274 e. The lowest BCUT2D eigenvalue weighted by molar-refractivity contribution is -0.131. The summed E-state index contributed by atoms with van der Waals surface area (Å²) >= 11 is 0. The number of hydrazine groups is 1. The van der Waals surface area contributed by atoms with Crippen molar-refractivity contribution in [2.75, 3.05) is 18.0 Å². The number of aryl methyl sites for hydroxylation is 1. The predicted octanol–water partition coefficient (Wildman–Crippen LogP) is 2.92. The lowest BCUT2D eigenvalue weighted by Gasteiger charge is -2.33. The van der Waals surface area contributed by atoms with Gasteiger partial charge >= 0.3 is 0 Å². The Morgan fingerprint density at radius 3 is 2.37 bits per heavy atom. The molecule has 138 valence electrons. The Hall–Kier alpha value is -2.50. The number of fused-ring (bicyclic) bond motifs is 3. The number of anilines is 1. The maximum absolute atomic E-state index is 13.6. The third kappa shape index (κ3) is 2.12. The van der Waals surface area contributed by atoms with Crippen molar-refractivity contribution in [3.63, 3.8) is 0 Å². The van der Waals surface area contributed by atoms with Gasteiger partial charge in [0.2, 0.25) is 5.91 Å². The fourth-order valence-corrected chi connectivity index (χ4v) is 5.10. The van der Waals surface area contributed by atoms with E-state index in [0.717, 1.165) is 30.6 Å². The highest BCUT2D eigenvalue weighted by molar-refractivity contribution is 6.25. The molecule has 5 heteroatoms. The number of hydrogen-bond donors (Lipinski definition) is 0. The number of benzene rings is 2. The average molecular weight is 361 g/mol. The molecule has 0 aromatic heterocycles. The second-order valence-electron chi connectivity index (χ2n) is 7.93. The van der Waals surface area contributed by atoms with Gasteiger partial charge < -0.3 is 0 Å². The number of rotatable bonds is 2. The molecule has 3 fully saturated rings. The number of hydrogen-bond acceptors (Lipinski definition) is 4. The molecule has 0 radical (unpaired) electrons. The van der Waals surface area contributed by atoms with Crippen LogP contribution in [0.1, 0.15) is 30.5 Å². The fourth-order valence-electron chi connectivity index (χ4n) is 5.10. The second kappa shape index (κ2) is 5.75. The van der Waals surface area contributed by atoms with Gasteiger partial charge in [0.05, 0.1) is 17.6 Å². The molecule has 0 N–H and O–H groups in total. The smallest absolute Gasteiger partial charge is 0.256 e. The SMILES string of the molecule is Cc1ccc(N2C(=O)[C@@H]3[C@@H](c4ccccc4)N4CCCN4[C@]3(C)C2=O)cc1. The molecule has 0 saturated carbocycles. The van der Waals surface area contributed by atoms with Crippen LogP contribution in [0.5, 0.6) is 0 Å². The Labute approximate surface area is 159 Å². The molecule has 5 rings (SSSR count). The van der Waals surface area contributed by atoms with E-state index in [-0.39, 0.29) is 17.9 Å². The molecule has 3 aliphatic heterocycles. The average Bonchev–Trinajstić information content (AvgIpc) is 3.30. The third-order valence-electron chi connectivity index (χ3n) is 6.40. The Balaban J connectivity index is 1.63. The highest BCUT2D eigenvalue weighted by atomic mass is 16.2. The molecule has 3 atom stereocenters. The van der Waals surface area contributed by atoms with Crippen molar-refractivity contribution >= 4 is 17.5 Å². The van der Waals surface area contributed by atoms with Crippen molar-refractivity contribution < 1.29 is 9.59 Å². The van der Waals surface area contributed by atoms with Crippen LogP contribution in [-0.2, 0) is 9.59 Å². The van der Waals surface area contributed by atoms with Gasteiger partial charge in [-0.3, -0.25) is 9.59 Å². The van der Waals surface area contributed by atoms with E-state index in [1.54, 1.807) is 0 Å². The zero-order valence-electron chi connectivity index (χ0n) is 15.6. The summed E-state index contributed by atoms with van der Waals surface area (Å²) < 4.78 is 0. The van der Waals surface area contributed by atoms with Crippen molar-refractivity contribution in [2.45, 2.75) is 31.8 Å². The van der Waals surface area contributed by atoms with Crippen LogP contribution in [0, 0.1) is 12.8 Å². The van der Waals surface area contributed by atoms with Crippen molar-refractivity contribution in [3.05, 3.63) is 65.7 Å². The van der Waals surface area contributed by atoms with Crippen molar-refractivity contribution in [3.8, 4) is 0 Å². The topological polar surface area (TPSA) is 43.9 Å². The zero-order chi connectivity index (χ0) is 18.8. The molecular formula is C22H23N3O2. The zero-order valence-corrected chi connectivity index (χ0v) is 15.6. The summed E-state index contributed by atoms with van der Waals surface area (Å²) in [7, 11) is 0. The van der Waals surface area contributed by atoms with Crippen LogP contribution in [0.15, 0.2) is 54.6 Å². The van der Waals surface area contributed by atoms with Gasteiger partial charge in [-0.1, -0.05) is 48.0 Å². The summed E-state index contributed by atoms with van der Waals surface area (Å²) in [6.07, 6.45) is 1.01. The van der Waals surface area contributed by atoms with Crippen LogP contribution in [0.2, 0.25) is 0 Å². The minimum absolute atomic E-state index is 0.0883. The Morgan fingerprint density at radius 2 is 1.67 bits per heavy atom. The lowest BCUT2D eigenvalue weighted by Crippen LogP contribution is -2.52. The minimum atomic E-state index is -0.820. The molecule has 0 unspecified atom stereocenters. The van der Waals surface area contributed by atoms with Crippen LogP contribution in [0.4, 0.5) is 5.69 Å². The van der Waals surface area contributed by atoms with E-state index in [1.807, 2.05) is 56.3 Å². The highest BCUT2D eigenvalue weighted by Gasteiger charge is 2.70. The number of carbonyl (C=O) groups is 2. The summed E-state index contributed by atoms with van der Waals surface area (Å²) in [4.78, 5) is 28.5. The molecule has 3 saturated heterocycles. The predicted molar refractivity (Wildman–Crippen MR) is 103 cm³/mol. The van der Waals surface area contributed by atoms with Crippen molar-refractivity contribution in [1.82, 2.24) is 10.0 Å². The largest absolute Gasteiger partial charge is 0.274 e. The number of imide groups is 1. The van der Waals surface area contributed by atoms with E-state index < -0.39 is 11.5 Å². The number of amides is 2. The van der Waals surface area contributed by atoms with Crippen LogP contribution < -0.4 is 4.90 Å². The maximum Gasteiger partial charge on any atom is 0.256 e. The van der Waals surface area contributed by atoms with Crippen LogP contribution >= 0.6 is 0 Å². The standard InChI is InChI=1S/C22H23N3O2/c1-15-9-11-17(12-10-15)25-20(26)18-19(16-7-4-3-5-8-16)23-13-6-14-24(23)22(18,2)21(25)27/h3-5,7-12,18-19H,6,13-14H2,1-2H3/t18-,19+,22-/m0/s1. The van der Waals surface area contributed by atoms with Crippen molar-refractivity contribution in [1.29, 1.82) is 0 Å². The van der Waals surface area contributed by atoms with Gasteiger partial charge in [0.1, 0.15) is 5.54 Å². The van der Waals surface area contributed by atoms with E-state index in [1.165, 1.54) is 4.90 Å². The van der Waals surface area contributed by atoms with Gasteiger partial charge in [0.25, 0.3) is 5.91 Å². The summed E-state index contributed by atoms with van der Waals surface area (Å²) in [5.74, 6) is -0.588. The van der Waals surface area contributed by atoms with Gasteiger partial charge in [0, 0.05) is 13.1 Å². The van der Waals surface area contributed by atoms with Gasteiger partial charge in [-0.05, 0) is 38.0 Å². The molecule has 3 heterocycles. The molecule has 2 aromatic carbocycles. The monoisotopic (exact) mass is 361 g/mol.